The van der Waals surface area contributed by atoms with Crippen molar-refractivity contribution in [1.82, 2.24) is 0 Å². The molecule has 0 aliphatic rings. The van der Waals surface area contributed by atoms with E-state index >= 15 is 0 Å². The molecule has 2 aromatic rings. The first-order chi connectivity index (χ1) is 8.24. The van der Waals surface area contributed by atoms with Gasteiger partial charge in [0.15, 0.2) is 0 Å². The Balaban J connectivity index is 2.31. The smallest absolute Gasteiger partial charge is 0.132 e. The van der Waals surface area contributed by atoms with Gasteiger partial charge in [0.1, 0.15) is 11.9 Å². The summed E-state index contributed by atoms with van der Waals surface area (Å²) < 4.78 is 5.19. The zero-order valence-corrected chi connectivity index (χ0v) is 9.97. The average molecular weight is 252 g/mol. The highest BCUT2D eigenvalue weighted by Gasteiger charge is 2.25. The van der Waals surface area contributed by atoms with Gasteiger partial charge in [-0.3, -0.25) is 0 Å². The Morgan fingerprint density at radius 1 is 1.24 bits per heavy atom. The van der Waals surface area contributed by atoms with Crippen LogP contribution in [0.3, 0.4) is 0 Å². The standard InChI is InChI=1S/C13H14ClNO2/c14-11-5-2-1-4-9(11)10(8-15)13(16)12-6-3-7-17-12/h1-7,10,13,16H,8,15H2. The number of aliphatic hydroxyl groups is 1. The van der Waals surface area contributed by atoms with E-state index in [9.17, 15) is 5.11 Å². The summed E-state index contributed by atoms with van der Waals surface area (Å²) in [5, 5.41) is 10.8. The third-order valence-electron chi connectivity index (χ3n) is 2.77. The Hall–Kier alpha value is -1.29. The summed E-state index contributed by atoms with van der Waals surface area (Å²) in [6.07, 6.45) is 0.744. The molecule has 2 unspecified atom stereocenters. The summed E-state index contributed by atoms with van der Waals surface area (Å²) in [5.74, 6) is 0.232. The highest BCUT2D eigenvalue weighted by atomic mass is 35.5. The van der Waals surface area contributed by atoms with Gasteiger partial charge in [-0.2, -0.15) is 0 Å². The van der Waals surface area contributed by atoms with Crippen LogP contribution in [0.15, 0.2) is 47.1 Å². The van der Waals surface area contributed by atoms with Gasteiger partial charge in [-0.1, -0.05) is 29.8 Å². The minimum atomic E-state index is -0.783. The SMILES string of the molecule is NCC(c1ccccc1Cl)C(O)c1ccco1. The lowest BCUT2D eigenvalue weighted by atomic mass is 9.92. The zero-order valence-electron chi connectivity index (χ0n) is 9.21. The number of halogens is 1. The van der Waals surface area contributed by atoms with Crippen molar-refractivity contribution in [2.24, 2.45) is 5.73 Å². The van der Waals surface area contributed by atoms with Crippen molar-refractivity contribution >= 4 is 11.6 Å². The average Bonchev–Trinajstić information content (AvgIpc) is 2.86. The molecule has 3 nitrogen and oxygen atoms in total. The van der Waals surface area contributed by atoms with E-state index in [-0.39, 0.29) is 5.92 Å². The maximum Gasteiger partial charge on any atom is 0.132 e. The van der Waals surface area contributed by atoms with Crippen molar-refractivity contribution in [2.45, 2.75) is 12.0 Å². The predicted octanol–water partition coefficient (Wildman–Crippen LogP) is 2.71. The lowest BCUT2D eigenvalue weighted by Crippen LogP contribution is -2.20. The maximum atomic E-state index is 10.2. The third-order valence-corrected chi connectivity index (χ3v) is 3.12. The fraction of sp³-hybridized carbons (Fsp3) is 0.231. The molecule has 0 saturated heterocycles. The second-order valence-corrected chi connectivity index (χ2v) is 4.23. The second kappa shape index (κ2) is 5.36. The van der Waals surface area contributed by atoms with Crippen molar-refractivity contribution in [2.75, 3.05) is 6.54 Å². The third kappa shape index (κ3) is 2.52. The molecule has 0 bridgehead atoms. The monoisotopic (exact) mass is 251 g/mol. The molecule has 1 aromatic heterocycles. The lowest BCUT2D eigenvalue weighted by Gasteiger charge is -2.21. The van der Waals surface area contributed by atoms with E-state index in [1.165, 1.54) is 6.26 Å². The van der Waals surface area contributed by atoms with E-state index < -0.39 is 6.10 Å². The molecule has 2 atom stereocenters. The maximum absolute atomic E-state index is 10.2. The van der Waals surface area contributed by atoms with Gasteiger partial charge < -0.3 is 15.3 Å². The molecule has 90 valence electrons. The summed E-state index contributed by atoms with van der Waals surface area (Å²) >= 11 is 6.11. The summed E-state index contributed by atoms with van der Waals surface area (Å²) in [7, 11) is 0. The van der Waals surface area contributed by atoms with E-state index in [4.69, 9.17) is 21.8 Å². The highest BCUT2D eigenvalue weighted by Crippen LogP contribution is 2.34. The van der Waals surface area contributed by atoms with Gasteiger partial charge in [-0.15, -0.1) is 0 Å². The van der Waals surface area contributed by atoms with Gasteiger partial charge in [0.05, 0.1) is 6.26 Å². The lowest BCUT2D eigenvalue weighted by molar-refractivity contribution is 0.122. The van der Waals surface area contributed by atoms with Crippen molar-refractivity contribution in [3.8, 4) is 0 Å². The van der Waals surface area contributed by atoms with Crippen LogP contribution in [-0.2, 0) is 0 Å². The van der Waals surface area contributed by atoms with Gasteiger partial charge in [0.25, 0.3) is 0 Å². The fourth-order valence-electron chi connectivity index (χ4n) is 1.86. The number of benzene rings is 1. The first kappa shape index (κ1) is 12.2. The van der Waals surface area contributed by atoms with Crippen LogP contribution in [0.25, 0.3) is 0 Å². The van der Waals surface area contributed by atoms with Crippen LogP contribution < -0.4 is 5.73 Å². The van der Waals surface area contributed by atoms with E-state index in [0.717, 1.165) is 5.56 Å². The molecular formula is C13H14ClNO2. The van der Waals surface area contributed by atoms with Gasteiger partial charge in [-0.25, -0.2) is 0 Å². The van der Waals surface area contributed by atoms with E-state index in [2.05, 4.69) is 0 Å². The molecule has 2 rings (SSSR count). The quantitative estimate of drug-likeness (QED) is 0.878. The Morgan fingerprint density at radius 2 is 2.00 bits per heavy atom. The number of hydrogen-bond donors (Lipinski definition) is 2. The number of aliphatic hydroxyl groups excluding tert-OH is 1. The van der Waals surface area contributed by atoms with Crippen molar-refractivity contribution in [1.29, 1.82) is 0 Å². The van der Waals surface area contributed by atoms with Gasteiger partial charge in [0.2, 0.25) is 0 Å². The molecule has 3 N–H and O–H groups in total. The van der Waals surface area contributed by atoms with Crippen LogP contribution in [0.4, 0.5) is 0 Å². The molecule has 1 heterocycles. The van der Waals surface area contributed by atoms with Crippen LogP contribution in [0, 0.1) is 0 Å². The Kier molecular flexibility index (Phi) is 3.84. The van der Waals surface area contributed by atoms with Gasteiger partial charge >= 0.3 is 0 Å². The van der Waals surface area contributed by atoms with Crippen LogP contribution in [0.2, 0.25) is 5.02 Å². The van der Waals surface area contributed by atoms with Crippen molar-refractivity contribution in [3.63, 3.8) is 0 Å². The Bertz CT molecular complexity index is 470. The summed E-state index contributed by atoms with van der Waals surface area (Å²) in [5.41, 5.74) is 6.55. The summed E-state index contributed by atoms with van der Waals surface area (Å²) in [4.78, 5) is 0. The normalized spacial score (nSPS) is 14.5. The first-order valence-corrected chi connectivity index (χ1v) is 5.77. The van der Waals surface area contributed by atoms with E-state index in [1.54, 1.807) is 18.2 Å². The van der Waals surface area contributed by atoms with Crippen LogP contribution in [0.1, 0.15) is 23.3 Å². The number of furan rings is 1. The van der Waals surface area contributed by atoms with Crippen LogP contribution >= 0.6 is 11.6 Å². The largest absolute Gasteiger partial charge is 0.467 e. The van der Waals surface area contributed by atoms with Crippen molar-refractivity contribution in [3.05, 3.63) is 59.0 Å². The molecule has 0 aliphatic heterocycles. The van der Waals surface area contributed by atoms with Gasteiger partial charge in [0, 0.05) is 17.5 Å². The van der Waals surface area contributed by atoms with Crippen LogP contribution in [-0.4, -0.2) is 11.7 Å². The predicted molar refractivity (Wildman–Crippen MR) is 66.9 cm³/mol. The van der Waals surface area contributed by atoms with Crippen LogP contribution in [0.5, 0.6) is 0 Å². The molecule has 0 saturated carbocycles. The number of hydrogen-bond acceptors (Lipinski definition) is 3. The molecular weight excluding hydrogens is 238 g/mol. The molecule has 0 aliphatic carbocycles. The number of nitrogens with two attached hydrogens (primary N) is 1. The Morgan fingerprint density at radius 3 is 2.59 bits per heavy atom. The molecule has 0 amide bonds. The summed E-state index contributed by atoms with van der Waals surface area (Å²) in [6.45, 7) is 0.297. The highest BCUT2D eigenvalue weighted by molar-refractivity contribution is 6.31. The van der Waals surface area contributed by atoms with E-state index in [0.29, 0.717) is 17.3 Å². The first-order valence-electron chi connectivity index (χ1n) is 5.40. The van der Waals surface area contributed by atoms with Crippen molar-refractivity contribution < 1.29 is 9.52 Å². The molecule has 0 radical (unpaired) electrons. The molecule has 4 heteroatoms. The second-order valence-electron chi connectivity index (χ2n) is 3.82. The minimum absolute atomic E-state index is 0.269. The molecule has 0 fully saturated rings. The van der Waals surface area contributed by atoms with E-state index in [1.807, 2.05) is 18.2 Å². The minimum Gasteiger partial charge on any atom is -0.467 e. The molecule has 0 spiro atoms. The number of rotatable bonds is 4. The molecule has 1 aromatic carbocycles. The zero-order chi connectivity index (χ0) is 12.3. The molecule has 17 heavy (non-hydrogen) atoms. The van der Waals surface area contributed by atoms with Gasteiger partial charge in [-0.05, 0) is 23.8 Å². The fourth-order valence-corrected chi connectivity index (χ4v) is 2.14. The topological polar surface area (TPSA) is 59.4 Å². The Labute approximate surface area is 105 Å². The summed E-state index contributed by atoms with van der Waals surface area (Å²) in [6, 6.07) is 10.8.